The second-order valence-electron chi connectivity index (χ2n) is 13.2. The van der Waals surface area contributed by atoms with Gasteiger partial charge in [0.25, 0.3) is 0 Å². The van der Waals surface area contributed by atoms with Gasteiger partial charge in [0.1, 0.15) is 0 Å². The minimum absolute atomic E-state index is 0.900. The molecule has 0 aliphatic rings. The molecule has 0 fully saturated rings. The van der Waals surface area contributed by atoms with Crippen LogP contribution in [0.5, 0.6) is 0 Å². The van der Waals surface area contributed by atoms with Crippen LogP contribution in [0.2, 0.25) is 0 Å². The van der Waals surface area contributed by atoms with Gasteiger partial charge < -0.3 is 14.7 Å². The third-order valence-corrected chi connectivity index (χ3v) is 9.87. The van der Waals surface area contributed by atoms with Crippen molar-refractivity contribution in [3.63, 3.8) is 0 Å². The Hall–Kier alpha value is -7.24. The minimum atomic E-state index is 0.900. The Balaban J connectivity index is 1.22. The minimum Gasteiger partial charge on any atom is -0.343 e. The van der Waals surface area contributed by atoms with Crippen molar-refractivity contribution in [1.82, 2.24) is 9.97 Å². The third-order valence-electron chi connectivity index (χ3n) is 9.87. The number of anilines is 8. The predicted octanol–water partition coefficient (Wildman–Crippen LogP) is 13.2. The lowest BCUT2D eigenvalue weighted by atomic mass is 9.99. The first-order valence-corrected chi connectivity index (χ1v) is 18.1. The molecule has 0 spiro atoms. The Morgan fingerprint density at radius 1 is 0.370 bits per heavy atom. The number of hydrogen-bond acceptors (Lipinski definition) is 5. The van der Waals surface area contributed by atoms with E-state index in [4.69, 9.17) is 4.98 Å². The van der Waals surface area contributed by atoms with E-state index in [0.717, 1.165) is 78.4 Å². The Bertz CT molecular complexity index is 2600. The highest BCUT2D eigenvalue weighted by Crippen LogP contribution is 2.44. The normalized spacial score (nSPS) is 11.1. The van der Waals surface area contributed by atoms with Crippen molar-refractivity contribution in [3.05, 3.63) is 207 Å². The molecule has 2 aromatic heterocycles. The molecule has 9 rings (SSSR count). The van der Waals surface area contributed by atoms with Crippen LogP contribution in [0.4, 0.5) is 45.5 Å². The first kappa shape index (κ1) is 32.7. The summed E-state index contributed by atoms with van der Waals surface area (Å²) in [7, 11) is 2.12. The van der Waals surface area contributed by atoms with Crippen LogP contribution in [0, 0.1) is 0 Å². The zero-order valence-corrected chi connectivity index (χ0v) is 29.9. The van der Waals surface area contributed by atoms with Gasteiger partial charge in [-0.05, 0) is 96.6 Å². The first-order chi connectivity index (χ1) is 26.7. The lowest BCUT2D eigenvalue weighted by Crippen LogP contribution is -2.14. The molecule has 0 radical (unpaired) electrons. The lowest BCUT2D eigenvalue weighted by Gasteiger charge is -2.29. The van der Waals surface area contributed by atoms with Crippen molar-refractivity contribution in [3.8, 4) is 11.1 Å². The average molecular weight is 696 g/mol. The van der Waals surface area contributed by atoms with Gasteiger partial charge in [-0.2, -0.15) is 0 Å². The highest BCUT2D eigenvalue weighted by molar-refractivity contribution is 6.03. The molecule has 5 nitrogen and oxygen atoms in total. The van der Waals surface area contributed by atoms with Crippen LogP contribution in [0.15, 0.2) is 207 Å². The summed E-state index contributed by atoms with van der Waals surface area (Å²) in [6.07, 6.45) is 3.79. The zero-order chi connectivity index (χ0) is 36.3. The SMILES string of the molecule is CN(c1cnc2c(ccc3cccnc32)c1)c1ccc(N(c2ccccc2)c2ccccc2)cc1-c1cccc(N(c2ccccc2)c2ccccc2)c1. The third kappa shape index (κ3) is 6.29. The van der Waals surface area contributed by atoms with Gasteiger partial charge in [-0.25, -0.2) is 0 Å². The Morgan fingerprint density at radius 2 is 0.889 bits per heavy atom. The van der Waals surface area contributed by atoms with Crippen LogP contribution in [0.1, 0.15) is 0 Å². The molecule has 0 N–H and O–H groups in total. The van der Waals surface area contributed by atoms with Crippen LogP contribution >= 0.6 is 0 Å². The van der Waals surface area contributed by atoms with Gasteiger partial charge in [0.05, 0.1) is 22.9 Å². The van der Waals surface area contributed by atoms with Crippen molar-refractivity contribution >= 4 is 67.3 Å². The van der Waals surface area contributed by atoms with Gasteiger partial charge in [-0.15, -0.1) is 0 Å². The quantitative estimate of drug-likeness (QED) is 0.140. The summed E-state index contributed by atoms with van der Waals surface area (Å²) in [6, 6.07) is 68.3. The molecule has 5 heteroatoms. The summed E-state index contributed by atoms with van der Waals surface area (Å²) in [5, 5.41) is 2.13. The average Bonchev–Trinajstić information content (AvgIpc) is 3.25. The van der Waals surface area contributed by atoms with Gasteiger partial charge >= 0.3 is 0 Å². The first-order valence-electron chi connectivity index (χ1n) is 18.1. The van der Waals surface area contributed by atoms with Crippen molar-refractivity contribution < 1.29 is 0 Å². The van der Waals surface area contributed by atoms with Crippen LogP contribution in [0.25, 0.3) is 32.9 Å². The molecule has 0 aliphatic carbocycles. The number of para-hydroxylation sites is 4. The van der Waals surface area contributed by atoms with E-state index in [9.17, 15) is 0 Å². The number of hydrogen-bond donors (Lipinski definition) is 0. The van der Waals surface area contributed by atoms with E-state index in [-0.39, 0.29) is 0 Å². The Labute approximate surface area is 315 Å². The molecule has 0 amide bonds. The fourth-order valence-electron chi connectivity index (χ4n) is 7.25. The molecule has 0 atom stereocenters. The number of rotatable bonds is 9. The molecular formula is C49H37N5. The van der Waals surface area contributed by atoms with E-state index >= 15 is 0 Å². The summed E-state index contributed by atoms with van der Waals surface area (Å²) in [6.45, 7) is 0. The van der Waals surface area contributed by atoms with E-state index in [2.05, 4.69) is 215 Å². The smallest absolute Gasteiger partial charge is 0.0966 e. The van der Waals surface area contributed by atoms with Gasteiger partial charge in [-0.1, -0.05) is 103 Å². The van der Waals surface area contributed by atoms with E-state index in [1.807, 2.05) is 18.5 Å². The molecule has 0 bridgehead atoms. The largest absolute Gasteiger partial charge is 0.343 e. The van der Waals surface area contributed by atoms with Crippen LogP contribution in [0.3, 0.4) is 0 Å². The van der Waals surface area contributed by atoms with Gasteiger partial charge in [0, 0.05) is 69.4 Å². The highest BCUT2D eigenvalue weighted by Gasteiger charge is 2.20. The van der Waals surface area contributed by atoms with Crippen molar-refractivity contribution in [2.24, 2.45) is 0 Å². The maximum Gasteiger partial charge on any atom is 0.0966 e. The molecule has 0 saturated carbocycles. The van der Waals surface area contributed by atoms with Crippen molar-refractivity contribution in [2.45, 2.75) is 0 Å². The second-order valence-corrected chi connectivity index (χ2v) is 13.2. The van der Waals surface area contributed by atoms with Crippen LogP contribution in [-0.4, -0.2) is 17.0 Å². The molecule has 7 aromatic carbocycles. The topological polar surface area (TPSA) is 35.5 Å². The molecule has 2 heterocycles. The highest BCUT2D eigenvalue weighted by atomic mass is 15.2. The number of aromatic nitrogens is 2. The predicted molar refractivity (Wildman–Crippen MR) is 226 cm³/mol. The summed E-state index contributed by atoms with van der Waals surface area (Å²) >= 11 is 0. The Morgan fingerprint density at radius 3 is 1.48 bits per heavy atom. The summed E-state index contributed by atoms with van der Waals surface area (Å²) in [5.41, 5.74) is 12.5. The molecule has 54 heavy (non-hydrogen) atoms. The monoisotopic (exact) mass is 695 g/mol. The maximum atomic E-state index is 4.97. The van der Waals surface area contributed by atoms with Gasteiger partial charge in [-0.3, -0.25) is 9.97 Å². The molecule has 9 aromatic rings. The van der Waals surface area contributed by atoms with Gasteiger partial charge in [0.15, 0.2) is 0 Å². The lowest BCUT2D eigenvalue weighted by molar-refractivity contribution is 1.19. The van der Waals surface area contributed by atoms with E-state index < -0.39 is 0 Å². The summed E-state index contributed by atoms with van der Waals surface area (Å²) < 4.78 is 0. The number of fused-ring (bicyclic) bond motifs is 3. The van der Waals surface area contributed by atoms with E-state index in [0.29, 0.717) is 0 Å². The molecule has 0 aliphatic heterocycles. The van der Waals surface area contributed by atoms with Gasteiger partial charge in [0.2, 0.25) is 0 Å². The maximum absolute atomic E-state index is 4.97. The second kappa shape index (κ2) is 14.4. The number of benzene rings is 7. The van der Waals surface area contributed by atoms with E-state index in [1.54, 1.807) is 0 Å². The summed E-state index contributed by atoms with van der Waals surface area (Å²) in [5.74, 6) is 0. The molecule has 0 unspecified atom stereocenters. The fourth-order valence-corrected chi connectivity index (χ4v) is 7.25. The fraction of sp³-hybridized carbons (Fsp3) is 0.0204. The standard InChI is InChI=1S/C49H37N5/c1-52(45-33-38-28-27-36-17-15-31-50-48(36)49(38)51-35-45)47-30-29-44(54(41-22-10-4-11-23-41)42-24-12-5-13-25-42)34-46(47)37-16-14-26-43(32-37)53(39-18-6-2-7-19-39)40-20-8-3-9-21-40/h2-35H,1H3. The summed E-state index contributed by atoms with van der Waals surface area (Å²) in [4.78, 5) is 16.5. The number of nitrogens with zero attached hydrogens (tertiary/aromatic N) is 5. The molecule has 258 valence electrons. The Kier molecular flexibility index (Phi) is 8.71. The molecule has 0 saturated heterocycles. The van der Waals surface area contributed by atoms with Crippen molar-refractivity contribution in [2.75, 3.05) is 21.7 Å². The molecular weight excluding hydrogens is 659 g/mol. The van der Waals surface area contributed by atoms with Crippen LogP contribution < -0.4 is 14.7 Å². The zero-order valence-electron chi connectivity index (χ0n) is 29.9. The van der Waals surface area contributed by atoms with E-state index in [1.165, 1.54) is 0 Å². The number of pyridine rings is 2. The van der Waals surface area contributed by atoms with Crippen molar-refractivity contribution in [1.29, 1.82) is 0 Å². The van der Waals surface area contributed by atoms with Crippen LogP contribution in [-0.2, 0) is 0 Å².